The van der Waals surface area contributed by atoms with E-state index in [1.165, 1.54) is 4.90 Å². The SMILES string of the molecule is CCN1C(=O)NC2(CCN(c3cc(Cl)cc4[nH]ccc34)CC2)C1=O. The molecule has 0 radical (unpaired) electrons. The van der Waals surface area contributed by atoms with Gasteiger partial charge in [0.25, 0.3) is 5.91 Å². The van der Waals surface area contributed by atoms with Crippen molar-refractivity contribution in [2.75, 3.05) is 24.5 Å². The number of nitrogens with zero attached hydrogens (tertiary/aromatic N) is 2. The Hall–Kier alpha value is -2.21. The molecule has 1 aromatic carbocycles. The zero-order valence-electron chi connectivity index (χ0n) is 13.4. The van der Waals surface area contributed by atoms with Crippen LogP contribution in [-0.2, 0) is 4.79 Å². The molecule has 0 saturated carbocycles. The van der Waals surface area contributed by atoms with Crippen LogP contribution in [0.25, 0.3) is 10.9 Å². The summed E-state index contributed by atoms with van der Waals surface area (Å²) >= 11 is 6.24. The van der Waals surface area contributed by atoms with Crippen LogP contribution in [0.2, 0.25) is 5.02 Å². The smallest absolute Gasteiger partial charge is 0.325 e. The van der Waals surface area contributed by atoms with Crippen molar-refractivity contribution in [3.8, 4) is 0 Å². The standard InChI is InChI=1S/C17H19ClN4O2/c1-2-22-15(23)17(20-16(22)24)4-7-21(8-5-17)14-10-11(18)9-13-12(14)3-6-19-13/h3,6,9-10,19H,2,4-5,7-8H2,1H3,(H,20,24). The Morgan fingerprint density at radius 2 is 2.00 bits per heavy atom. The van der Waals surface area contributed by atoms with E-state index >= 15 is 0 Å². The Kier molecular flexibility index (Phi) is 3.46. The summed E-state index contributed by atoms with van der Waals surface area (Å²) < 4.78 is 0. The van der Waals surface area contributed by atoms with E-state index in [-0.39, 0.29) is 11.9 Å². The first-order valence-corrected chi connectivity index (χ1v) is 8.57. The molecule has 0 unspecified atom stereocenters. The number of carbonyl (C=O) groups excluding carboxylic acids is 2. The third-order valence-corrected chi connectivity index (χ3v) is 5.35. The number of fused-ring (bicyclic) bond motifs is 1. The highest BCUT2D eigenvalue weighted by Crippen LogP contribution is 2.35. The second-order valence-corrected chi connectivity index (χ2v) is 6.85. The van der Waals surface area contributed by atoms with E-state index in [1.54, 1.807) is 0 Å². The zero-order valence-corrected chi connectivity index (χ0v) is 14.2. The molecular formula is C17H19ClN4O2. The molecule has 7 heteroatoms. The van der Waals surface area contributed by atoms with Crippen molar-refractivity contribution >= 4 is 40.1 Å². The second-order valence-electron chi connectivity index (χ2n) is 6.41. The monoisotopic (exact) mass is 346 g/mol. The molecule has 2 aromatic rings. The molecule has 2 saturated heterocycles. The van der Waals surface area contributed by atoms with Crippen LogP contribution in [0.15, 0.2) is 24.4 Å². The third kappa shape index (κ3) is 2.17. The molecule has 1 aromatic heterocycles. The topological polar surface area (TPSA) is 68.4 Å². The van der Waals surface area contributed by atoms with Crippen molar-refractivity contribution in [2.24, 2.45) is 0 Å². The number of amides is 3. The van der Waals surface area contributed by atoms with Gasteiger partial charge in [-0.15, -0.1) is 0 Å². The summed E-state index contributed by atoms with van der Waals surface area (Å²) in [5, 5.41) is 4.72. The molecule has 3 heterocycles. The first kappa shape index (κ1) is 15.3. The van der Waals surface area contributed by atoms with Crippen molar-refractivity contribution in [3.63, 3.8) is 0 Å². The normalized spacial score (nSPS) is 20.2. The quantitative estimate of drug-likeness (QED) is 0.821. The number of halogens is 1. The number of carbonyl (C=O) groups is 2. The average molecular weight is 347 g/mol. The molecule has 4 rings (SSSR count). The van der Waals surface area contributed by atoms with Gasteiger partial charge in [0.15, 0.2) is 0 Å². The predicted octanol–water partition coefficient (Wildman–Crippen LogP) is 2.73. The molecule has 0 bridgehead atoms. The summed E-state index contributed by atoms with van der Waals surface area (Å²) in [5.74, 6) is -0.0902. The molecule has 24 heavy (non-hydrogen) atoms. The van der Waals surface area contributed by atoms with Crippen molar-refractivity contribution < 1.29 is 9.59 Å². The fourth-order valence-electron chi connectivity index (χ4n) is 3.81. The summed E-state index contributed by atoms with van der Waals surface area (Å²) in [4.78, 5) is 31.3. The Balaban J connectivity index is 1.59. The molecule has 126 valence electrons. The van der Waals surface area contributed by atoms with Gasteiger partial charge < -0.3 is 15.2 Å². The van der Waals surface area contributed by atoms with Gasteiger partial charge in [-0.05, 0) is 38.0 Å². The maximum absolute atomic E-state index is 12.6. The number of H-pyrrole nitrogens is 1. The molecule has 2 N–H and O–H groups in total. The number of anilines is 1. The van der Waals surface area contributed by atoms with Gasteiger partial charge in [-0.3, -0.25) is 9.69 Å². The van der Waals surface area contributed by atoms with Crippen molar-refractivity contribution in [2.45, 2.75) is 25.3 Å². The number of imide groups is 1. The number of aromatic amines is 1. The lowest BCUT2D eigenvalue weighted by Gasteiger charge is -2.38. The summed E-state index contributed by atoms with van der Waals surface area (Å²) in [6.07, 6.45) is 3.11. The zero-order chi connectivity index (χ0) is 16.9. The Labute approximate surface area is 144 Å². The lowest BCUT2D eigenvalue weighted by atomic mass is 9.87. The number of piperidine rings is 1. The van der Waals surface area contributed by atoms with Crippen molar-refractivity contribution in [1.82, 2.24) is 15.2 Å². The van der Waals surface area contributed by atoms with Crippen molar-refractivity contribution in [3.05, 3.63) is 29.4 Å². The summed E-state index contributed by atoms with van der Waals surface area (Å²) in [6.45, 7) is 3.63. The van der Waals surface area contributed by atoms with Gasteiger partial charge in [-0.2, -0.15) is 0 Å². The minimum Gasteiger partial charge on any atom is -0.371 e. The Morgan fingerprint density at radius 3 is 2.67 bits per heavy atom. The molecule has 2 aliphatic rings. The van der Waals surface area contributed by atoms with E-state index in [2.05, 4.69) is 15.2 Å². The van der Waals surface area contributed by atoms with Gasteiger partial charge in [-0.25, -0.2) is 4.79 Å². The molecular weight excluding hydrogens is 328 g/mol. The molecule has 0 aliphatic carbocycles. The molecule has 3 amide bonds. The number of hydrogen-bond donors (Lipinski definition) is 2. The minimum atomic E-state index is -0.737. The van der Waals surface area contributed by atoms with Crippen LogP contribution in [0.5, 0.6) is 0 Å². The maximum atomic E-state index is 12.6. The maximum Gasteiger partial charge on any atom is 0.325 e. The van der Waals surface area contributed by atoms with Gasteiger partial charge in [0.05, 0.1) is 0 Å². The van der Waals surface area contributed by atoms with Gasteiger partial charge in [0.2, 0.25) is 0 Å². The fourth-order valence-corrected chi connectivity index (χ4v) is 4.02. The van der Waals surface area contributed by atoms with Crippen LogP contribution in [0.4, 0.5) is 10.5 Å². The fraction of sp³-hybridized carbons (Fsp3) is 0.412. The highest BCUT2D eigenvalue weighted by atomic mass is 35.5. The van der Waals surface area contributed by atoms with Crippen LogP contribution in [0.3, 0.4) is 0 Å². The van der Waals surface area contributed by atoms with Crippen LogP contribution in [0, 0.1) is 0 Å². The highest BCUT2D eigenvalue weighted by molar-refractivity contribution is 6.31. The van der Waals surface area contributed by atoms with Crippen LogP contribution < -0.4 is 10.2 Å². The summed E-state index contributed by atoms with van der Waals surface area (Å²) in [6, 6.07) is 5.63. The van der Waals surface area contributed by atoms with E-state index in [1.807, 2.05) is 31.3 Å². The van der Waals surface area contributed by atoms with E-state index < -0.39 is 5.54 Å². The van der Waals surface area contributed by atoms with Gasteiger partial charge >= 0.3 is 6.03 Å². The first-order chi connectivity index (χ1) is 11.5. The van der Waals surface area contributed by atoms with E-state index in [9.17, 15) is 9.59 Å². The van der Waals surface area contributed by atoms with Crippen LogP contribution in [0.1, 0.15) is 19.8 Å². The average Bonchev–Trinajstić information content (AvgIpc) is 3.11. The van der Waals surface area contributed by atoms with Gasteiger partial charge in [0, 0.05) is 47.4 Å². The van der Waals surface area contributed by atoms with E-state index in [0.29, 0.717) is 37.5 Å². The number of likely N-dealkylation sites (N-methyl/N-ethyl adjacent to an activating group) is 1. The first-order valence-electron chi connectivity index (χ1n) is 8.20. The third-order valence-electron chi connectivity index (χ3n) is 5.13. The molecule has 0 atom stereocenters. The van der Waals surface area contributed by atoms with Gasteiger partial charge in [-0.1, -0.05) is 11.6 Å². The lowest BCUT2D eigenvalue weighted by molar-refractivity contribution is -0.131. The largest absolute Gasteiger partial charge is 0.371 e. The molecule has 6 nitrogen and oxygen atoms in total. The Bertz CT molecular complexity index is 823. The lowest BCUT2D eigenvalue weighted by Crippen LogP contribution is -2.55. The van der Waals surface area contributed by atoms with Crippen LogP contribution >= 0.6 is 11.6 Å². The molecule has 2 aliphatic heterocycles. The second kappa shape index (κ2) is 5.41. The highest BCUT2D eigenvalue weighted by Gasteiger charge is 2.51. The summed E-state index contributed by atoms with van der Waals surface area (Å²) in [5.41, 5.74) is 1.33. The number of hydrogen-bond acceptors (Lipinski definition) is 3. The molecule has 1 spiro atoms. The predicted molar refractivity (Wildman–Crippen MR) is 93.4 cm³/mol. The number of nitrogens with one attached hydrogen (secondary N) is 2. The summed E-state index contributed by atoms with van der Waals surface area (Å²) in [7, 11) is 0. The number of urea groups is 1. The van der Waals surface area contributed by atoms with Gasteiger partial charge in [0.1, 0.15) is 5.54 Å². The molecule has 2 fully saturated rings. The minimum absolute atomic E-state index is 0.0902. The van der Waals surface area contributed by atoms with Crippen molar-refractivity contribution in [1.29, 1.82) is 0 Å². The number of benzene rings is 1. The van der Waals surface area contributed by atoms with E-state index in [4.69, 9.17) is 11.6 Å². The number of aromatic nitrogens is 1. The Morgan fingerprint density at radius 1 is 1.25 bits per heavy atom. The number of rotatable bonds is 2. The van der Waals surface area contributed by atoms with Crippen LogP contribution in [-0.4, -0.2) is 47.0 Å². The van der Waals surface area contributed by atoms with E-state index in [0.717, 1.165) is 16.6 Å².